The Hall–Kier alpha value is -1.42. The Morgan fingerprint density at radius 3 is 2.65 bits per heavy atom. The first kappa shape index (κ1) is 12.0. The number of carboxylic acid groups (broad SMARTS) is 1. The highest BCUT2D eigenvalue weighted by molar-refractivity contribution is 5.82. The number of rotatable bonds is 2. The van der Waals surface area contributed by atoms with Crippen molar-refractivity contribution in [2.24, 2.45) is 0 Å². The zero-order valence-electron chi connectivity index (χ0n) is 9.70. The molecule has 0 amide bonds. The van der Waals surface area contributed by atoms with Crippen LogP contribution >= 0.6 is 0 Å². The van der Waals surface area contributed by atoms with Crippen LogP contribution in [0.15, 0.2) is 18.2 Å². The summed E-state index contributed by atoms with van der Waals surface area (Å²) in [6, 6.07) is 4.63. The highest BCUT2D eigenvalue weighted by Gasteiger charge is 2.43. The molecule has 3 nitrogen and oxygen atoms in total. The quantitative estimate of drug-likeness (QED) is 0.859. The van der Waals surface area contributed by atoms with Gasteiger partial charge in [-0.05, 0) is 37.0 Å². The third-order valence-corrected chi connectivity index (χ3v) is 3.54. The molecule has 0 atom stereocenters. The number of hydrogen-bond donors (Lipinski definition) is 1. The predicted octanol–water partition coefficient (Wildman–Crippen LogP) is 2.27. The molecule has 1 aliphatic rings. The van der Waals surface area contributed by atoms with Crippen LogP contribution in [-0.4, -0.2) is 24.3 Å². The van der Waals surface area contributed by atoms with Crippen LogP contribution in [0.2, 0.25) is 0 Å². The molecule has 1 aromatic rings. The summed E-state index contributed by atoms with van der Waals surface area (Å²) in [5.74, 6) is -1.25. The van der Waals surface area contributed by atoms with Gasteiger partial charge in [-0.2, -0.15) is 0 Å². The van der Waals surface area contributed by atoms with Crippen molar-refractivity contribution in [1.29, 1.82) is 0 Å². The first-order chi connectivity index (χ1) is 8.08. The van der Waals surface area contributed by atoms with Gasteiger partial charge in [0.25, 0.3) is 0 Å². The molecule has 0 saturated carbocycles. The molecule has 4 heteroatoms. The summed E-state index contributed by atoms with van der Waals surface area (Å²) in [4.78, 5) is 11.6. The zero-order valence-corrected chi connectivity index (χ0v) is 9.70. The molecule has 1 N–H and O–H groups in total. The number of ether oxygens (including phenoxy) is 1. The van der Waals surface area contributed by atoms with E-state index in [1.807, 2.05) is 0 Å². The predicted molar refractivity (Wildman–Crippen MR) is 60.5 cm³/mol. The van der Waals surface area contributed by atoms with Crippen molar-refractivity contribution in [3.63, 3.8) is 0 Å². The van der Waals surface area contributed by atoms with Gasteiger partial charge >= 0.3 is 5.97 Å². The lowest BCUT2D eigenvalue weighted by Crippen LogP contribution is -2.42. The average molecular weight is 238 g/mol. The molecule has 1 heterocycles. The highest BCUT2D eigenvalue weighted by Crippen LogP contribution is 2.37. The van der Waals surface area contributed by atoms with Crippen molar-refractivity contribution in [3.05, 3.63) is 35.1 Å². The molecule has 1 aliphatic heterocycles. The maximum atomic E-state index is 13.5. The minimum Gasteiger partial charge on any atom is -0.481 e. The minimum absolute atomic E-state index is 0.352. The third-order valence-electron chi connectivity index (χ3n) is 3.54. The molecule has 1 fully saturated rings. The molecule has 2 rings (SSSR count). The Labute approximate surface area is 99.2 Å². The second kappa shape index (κ2) is 4.45. The number of benzene rings is 1. The summed E-state index contributed by atoms with van der Waals surface area (Å²) >= 11 is 0. The molecule has 1 saturated heterocycles. The van der Waals surface area contributed by atoms with E-state index < -0.39 is 11.4 Å². The van der Waals surface area contributed by atoms with Crippen LogP contribution in [0.1, 0.15) is 24.0 Å². The molecular weight excluding hydrogens is 223 g/mol. The maximum absolute atomic E-state index is 13.5. The lowest BCUT2D eigenvalue weighted by molar-refractivity contribution is -0.147. The number of halogens is 1. The normalized spacial score (nSPS) is 18.9. The molecule has 0 aliphatic carbocycles. The molecular formula is C13H15FO3. The number of aliphatic carboxylic acids is 1. The van der Waals surface area contributed by atoms with Gasteiger partial charge in [-0.25, -0.2) is 4.39 Å². The SMILES string of the molecule is Cc1c(F)cccc1C1(C(=O)O)CCOCC1. The average Bonchev–Trinajstić information content (AvgIpc) is 2.33. The fraction of sp³-hybridized carbons (Fsp3) is 0.462. The molecule has 0 aromatic heterocycles. The summed E-state index contributed by atoms with van der Waals surface area (Å²) in [6.45, 7) is 2.44. The summed E-state index contributed by atoms with van der Waals surface area (Å²) in [5.41, 5.74) is 0.00912. The van der Waals surface area contributed by atoms with E-state index in [2.05, 4.69) is 0 Å². The molecule has 0 spiro atoms. The molecule has 92 valence electrons. The minimum atomic E-state index is -0.996. The first-order valence-corrected chi connectivity index (χ1v) is 5.65. The van der Waals surface area contributed by atoms with Gasteiger partial charge in [0, 0.05) is 13.2 Å². The Bertz CT molecular complexity index is 436. The van der Waals surface area contributed by atoms with Crippen molar-refractivity contribution in [3.8, 4) is 0 Å². The van der Waals surface area contributed by atoms with Crippen LogP contribution in [0.25, 0.3) is 0 Å². The van der Waals surface area contributed by atoms with Gasteiger partial charge in [-0.3, -0.25) is 4.79 Å². The summed E-state index contributed by atoms with van der Waals surface area (Å²) in [7, 11) is 0. The van der Waals surface area contributed by atoms with Crippen LogP contribution < -0.4 is 0 Å². The number of hydrogen-bond acceptors (Lipinski definition) is 2. The van der Waals surface area contributed by atoms with E-state index in [1.54, 1.807) is 19.1 Å². The third kappa shape index (κ3) is 1.93. The molecule has 0 bridgehead atoms. The van der Waals surface area contributed by atoms with Crippen molar-refractivity contribution in [2.75, 3.05) is 13.2 Å². The van der Waals surface area contributed by atoms with Crippen LogP contribution in [-0.2, 0) is 14.9 Å². The fourth-order valence-electron chi connectivity index (χ4n) is 2.44. The first-order valence-electron chi connectivity index (χ1n) is 5.65. The molecule has 1 aromatic carbocycles. The van der Waals surface area contributed by atoms with Crippen molar-refractivity contribution in [1.82, 2.24) is 0 Å². The fourth-order valence-corrected chi connectivity index (χ4v) is 2.44. The van der Waals surface area contributed by atoms with Gasteiger partial charge in [0.1, 0.15) is 5.82 Å². The van der Waals surface area contributed by atoms with E-state index in [0.717, 1.165) is 0 Å². The largest absolute Gasteiger partial charge is 0.481 e. The lowest BCUT2D eigenvalue weighted by Gasteiger charge is -2.34. The molecule has 0 radical (unpaired) electrons. The molecule has 0 unspecified atom stereocenters. The second-order valence-corrected chi connectivity index (χ2v) is 4.41. The number of carboxylic acids is 1. The highest BCUT2D eigenvalue weighted by atomic mass is 19.1. The van der Waals surface area contributed by atoms with Gasteiger partial charge in [0.05, 0.1) is 5.41 Å². The van der Waals surface area contributed by atoms with E-state index in [9.17, 15) is 14.3 Å². The number of carbonyl (C=O) groups is 1. The van der Waals surface area contributed by atoms with Gasteiger partial charge in [-0.1, -0.05) is 12.1 Å². The van der Waals surface area contributed by atoms with Crippen molar-refractivity contribution >= 4 is 5.97 Å². The summed E-state index contributed by atoms with van der Waals surface area (Å²) < 4.78 is 18.8. The van der Waals surface area contributed by atoms with Gasteiger partial charge in [-0.15, -0.1) is 0 Å². The van der Waals surface area contributed by atoms with Crippen LogP contribution in [0.3, 0.4) is 0 Å². The monoisotopic (exact) mass is 238 g/mol. The molecule has 17 heavy (non-hydrogen) atoms. The topological polar surface area (TPSA) is 46.5 Å². The van der Waals surface area contributed by atoms with E-state index in [0.29, 0.717) is 37.2 Å². The van der Waals surface area contributed by atoms with E-state index in [1.165, 1.54) is 6.07 Å². The summed E-state index contributed by atoms with van der Waals surface area (Å²) in [5, 5.41) is 9.48. The Morgan fingerprint density at radius 1 is 1.41 bits per heavy atom. The summed E-state index contributed by atoms with van der Waals surface area (Å²) in [6.07, 6.45) is 0.791. The van der Waals surface area contributed by atoms with E-state index in [4.69, 9.17) is 4.74 Å². The van der Waals surface area contributed by atoms with E-state index in [-0.39, 0.29) is 5.82 Å². The Balaban J connectivity index is 2.53. The van der Waals surface area contributed by atoms with Crippen LogP contribution in [0.5, 0.6) is 0 Å². The zero-order chi connectivity index (χ0) is 12.5. The van der Waals surface area contributed by atoms with Gasteiger partial charge in [0.15, 0.2) is 0 Å². The van der Waals surface area contributed by atoms with E-state index >= 15 is 0 Å². The maximum Gasteiger partial charge on any atom is 0.314 e. The smallest absolute Gasteiger partial charge is 0.314 e. The van der Waals surface area contributed by atoms with Gasteiger partial charge < -0.3 is 9.84 Å². The van der Waals surface area contributed by atoms with Crippen LogP contribution in [0, 0.1) is 12.7 Å². The van der Waals surface area contributed by atoms with Crippen molar-refractivity contribution < 1.29 is 19.0 Å². The van der Waals surface area contributed by atoms with Crippen LogP contribution in [0.4, 0.5) is 4.39 Å². The Kier molecular flexibility index (Phi) is 3.15. The van der Waals surface area contributed by atoms with Crippen molar-refractivity contribution in [2.45, 2.75) is 25.2 Å². The van der Waals surface area contributed by atoms with Gasteiger partial charge in [0.2, 0.25) is 0 Å². The lowest BCUT2D eigenvalue weighted by atomic mass is 9.72. The Morgan fingerprint density at radius 2 is 2.06 bits per heavy atom. The second-order valence-electron chi connectivity index (χ2n) is 4.41. The standard InChI is InChI=1S/C13H15FO3/c1-9-10(3-2-4-11(9)14)13(12(15)16)5-7-17-8-6-13/h2-4H,5-8H2,1H3,(H,15,16).